The number of amides is 2. The number of carbonyl (C=O) groups excluding carboxylic acids is 2. The summed E-state index contributed by atoms with van der Waals surface area (Å²) in [5.41, 5.74) is 1.35. The molecule has 0 saturated carbocycles. The molecule has 1 aliphatic heterocycles. The first kappa shape index (κ1) is 21.4. The Kier molecular flexibility index (Phi) is 6.11. The number of aromatic nitrogens is 3. The Morgan fingerprint density at radius 1 is 1.12 bits per heavy atom. The van der Waals surface area contributed by atoms with Crippen LogP contribution in [-0.4, -0.2) is 60.8 Å². The molecule has 1 saturated heterocycles. The minimum Gasteiger partial charge on any atom is -0.493 e. The Hall–Kier alpha value is -3.82. The second-order valence-electron chi connectivity index (χ2n) is 7.38. The Labute approximate surface area is 185 Å². The molecule has 32 heavy (non-hydrogen) atoms. The van der Waals surface area contributed by atoms with Gasteiger partial charge in [-0.25, -0.2) is 0 Å². The van der Waals surface area contributed by atoms with E-state index in [9.17, 15) is 9.59 Å². The standard InChI is InChI=1S/C22H25N5O5/c1-30-16-11-15(12-17(31-2)21(16)32-3)27-13-14(10-20(27)28)22(29)23-8-7-19-25-24-18-6-4-5-9-26(18)19/h4-6,9,11-12,14H,7-8,10,13H2,1-3H3,(H,23,29). The van der Waals surface area contributed by atoms with Crippen molar-refractivity contribution in [2.24, 2.45) is 5.92 Å². The van der Waals surface area contributed by atoms with E-state index in [4.69, 9.17) is 14.2 Å². The number of nitrogens with zero attached hydrogens (tertiary/aromatic N) is 4. The van der Waals surface area contributed by atoms with Crippen LogP contribution in [0, 0.1) is 5.92 Å². The molecule has 1 N–H and O–H groups in total. The van der Waals surface area contributed by atoms with Crippen LogP contribution in [0.4, 0.5) is 5.69 Å². The fourth-order valence-electron chi connectivity index (χ4n) is 3.86. The first-order valence-electron chi connectivity index (χ1n) is 10.2. The first-order chi connectivity index (χ1) is 15.5. The molecule has 2 aromatic heterocycles. The molecule has 0 radical (unpaired) electrons. The van der Waals surface area contributed by atoms with Gasteiger partial charge in [0.2, 0.25) is 17.6 Å². The van der Waals surface area contributed by atoms with Crippen molar-refractivity contribution >= 4 is 23.1 Å². The smallest absolute Gasteiger partial charge is 0.227 e. The average Bonchev–Trinajstić information content (AvgIpc) is 3.41. The molecule has 0 aliphatic carbocycles. The van der Waals surface area contributed by atoms with Gasteiger partial charge in [-0.15, -0.1) is 10.2 Å². The van der Waals surface area contributed by atoms with Crippen LogP contribution in [-0.2, 0) is 16.0 Å². The topological polar surface area (TPSA) is 107 Å². The van der Waals surface area contributed by atoms with Crippen molar-refractivity contribution < 1.29 is 23.8 Å². The molecule has 0 bridgehead atoms. The minimum atomic E-state index is -0.447. The Balaban J connectivity index is 1.40. The predicted octanol–water partition coefficient (Wildman–Crippen LogP) is 1.47. The highest BCUT2D eigenvalue weighted by Gasteiger charge is 2.35. The molecular weight excluding hydrogens is 414 g/mol. The zero-order chi connectivity index (χ0) is 22.7. The van der Waals surface area contributed by atoms with Crippen LogP contribution in [0.2, 0.25) is 0 Å². The van der Waals surface area contributed by atoms with Crippen molar-refractivity contribution in [1.82, 2.24) is 19.9 Å². The number of anilines is 1. The minimum absolute atomic E-state index is 0.135. The second kappa shape index (κ2) is 9.13. The largest absolute Gasteiger partial charge is 0.493 e. The molecule has 10 nitrogen and oxygen atoms in total. The lowest BCUT2D eigenvalue weighted by Gasteiger charge is -2.20. The fourth-order valence-corrected chi connectivity index (χ4v) is 3.86. The van der Waals surface area contributed by atoms with E-state index in [1.165, 1.54) is 21.3 Å². The van der Waals surface area contributed by atoms with Crippen molar-refractivity contribution in [2.75, 3.05) is 39.3 Å². The molecule has 1 aliphatic rings. The normalized spacial score (nSPS) is 15.8. The van der Waals surface area contributed by atoms with E-state index in [0.717, 1.165) is 11.5 Å². The van der Waals surface area contributed by atoms with Gasteiger partial charge in [-0.3, -0.25) is 14.0 Å². The molecule has 4 rings (SSSR count). The highest BCUT2D eigenvalue weighted by molar-refractivity contribution is 6.00. The summed E-state index contributed by atoms with van der Waals surface area (Å²) >= 11 is 0. The van der Waals surface area contributed by atoms with Crippen LogP contribution in [0.15, 0.2) is 36.5 Å². The predicted molar refractivity (Wildman–Crippen MR) is 116 cm³/mol. The molecule has 0 spiro atoms. The van der Waals surface area contributed by atoms with Crippen LogP contribution in [0.1, 0.15) is 12.2 Å². The molecule has 3 heterocycles. The number of nitrogens with one attached hydrogen (secondary N) is 1. The molecule has 168 valence electrons. The molecule has 1 atom stereocenters. The third-order valence-electron chi connectivity index (χ3n) is 5.49. The van der Waals surface area contributed by atoms with Crippen LogP contribution >= 0.6 is 0 Å². The van der Waals surface area contributed by atoms with E-state index in [1.807, 2.05) is 28.8 Å². The number of ether oxygens (including phenoxy) is 3. The first-order valence-corrected chi connectivity index (χ1v) is 10.2. The number of hydrogen-bond donors (Lipinski definition) is 1. The molecular formula is C22H25N5O5. The highest BCUT2D eigenvalue weighted by Crippen LogP contribution is 2.42. The summed E-state index contributed by atoms with van der Waals surface area (Å²) in [5.74, 6) is 1.36. The summed E-state index contributed by atoms with van der Waals surface area (Å²) in [6.45, 7) is 0.681. The van der Waals surface area contributed by atoms with Gasteiger partial charge < -0.3 is 24.4 Å². The number of methoxy groups -OCH3 is 3. The zero-order valence-corrected chi connectivity index (χ0v) is 18.2. The average molecular weight is 439 g/mol. The number of fused-ring (bicyclic) bond motifs is 1. The summed E-state index contributed by atoms with van der Waals surface area (Å²) in [6, 6.07) is 9.08. The maximum atomic E-state index is 12.7. The Morgan fingerprint density at radius 2 is 1.88 bits per heavy atom. The molecule has 1 fully saturated rings. The molecule has 2 amide bonds. The van der Waals surface area contributed by atoms with Crippen LogP contribution < -0.4 is 24.4 Å². The number of hydrogen-bond acceptors (Lipinski definition) is 7. The van der Waals surface area contributed by atoms with E-state index < -0.39 is 5.92 Å². The Bertz CT molecular complexity index is 1120. The molecule has 1 unspecified atom stereocenters. The summed E-state index contributed by atoms with van der Waals surface area (Å²) in [4.78, 5) is 26.9. The van der Waals surface area contributed by atoms with Crippen LogP contribution in [0.25, 0.3) is 5.65 Å². The van der Waals surface area contributed by atoms with E-state index in [1.54, 1.807) is 17.0 Å². The maximum Gasteiger partial charge on any atom is 0.227 e. The second-order valence-corrected chi connectivity index (χ2v) is 7.38. The molecule has 3 aromatic rings. The van der Waals surface area contributed by atoms with E-state index in [2.05, 4.69) is 15.5 Å². The summed E-state index contributed by atoms with van der Waals surface area (Å²) in [7, 11) is 4.55. The van der Waals surface area contributed by atoms with Gasteiger partial charge in [0.15, 0.2) is 17.1 Å². The van der Waals surface area contributed by atoms with E-state index in [0.29, 0.717) is 35.9 Å². The van der Waals surface area contributed by atoms with E-state index >= 15 is 0 Å². The third-order valence-corrected chi connectivity index (χ3v) is 5.49. The quantitative estimate of drug-likeness (QED) is 0.566. The van der Waals surface area contributed by atoms with Crippen molar-refractivity contribution in [3.05, 3.63) is 42.4 Å². The summed E-state index contributed by atoms with van der Waals surface area (Å²) in [6.07, 6.45) is 2.56. The van der Waals surface area contributed by atoms with Gasteiger partial charge in [0.25, 0.3) is 0 Å². The van der Waals surface area contributed by atoms with Gasteiger partial charge in [-0.1, -0.05) is 6.07 Å². The lowest BCUT2D eigenvalue weighted by atomic mass is 10.1. The van der Waals surface area contributed by atoms with Gasteiger partial charge in [0.1, 0.15) is 5.82 Å². The summed E-state index contributed by atoms with van der Waals surface area (Å²) < 4.78 is 18.0. The van der Waals surface area contributed by atoms with Gasteiger partial charge in [-0.2, -0.15) is 0 Å². The third kappa shape index (κ3) is 4.03. The number of rotatable bonds is 8. The number of pyridine rings is 1. The van der Waals surface area contributed by atoms with Crippen molar-refractivity contribution in [2.45, 2.75) is 12.8 Å². The number of benzene rings is 1. The lowest BCUT2D eigenvalue weighted by molar-refractivity contribution is -0.126. The highest BCUT2D eigenvalue weighted by atomic mass is 16.5. The lowest BCUT2D eigenvalue weighted by Crippen LogP contribution is -2.34. The van der Waals surface area contributed by atoms with Crippen molar-refractivity contribution in [3.8, 4) is 17.2 Å². The Morgan fingerprint density at radius 3 is 2.56 bits per heavy atom. The monoisotopic (exact) mass is 439 g/mol. The van der Waals surface area contributed by atoms with Crippen LogP contribution in [0.3, 0.4) is 0 Å². The summed E-state index contributed by atoms with van der Waals surface area (Å²) in [5, 5.41) is 11.2. The zero-order valence-electron chi connectivity index (χ0n) is 18.2. The van der Waals surface area contributed by atoms with Gasteiger partial charge >= 0.3 is 0 Å². The molecule has 10 heteroatoms. The van der Waals surface area contributed by atoms with E-state index in [-0.39, 0.29) is 24.8 Å². The number of carbonyl (C=O) groups is 2. The van der Waals surface area contributed by atoms with Crippen molar-refractivity contribution in [3.63, 3.8) is 0 Å². The molecule has 1 aromatic carbocycles. The maximum absolute atomic E-state index is 12.7. The van der Waals surface area contributed by atoms with Crippen LogP contribution in [0.5, 0.6) is 17.2 Å². The SMILES string of the molecule is COc1cc(N2CC(C(=O)NCCc3nnc4ccccn34)CC2=O)cc(OC)c1OC. The van der Waals surface area contributed by atoms with Gasteiger partial charge in [0.05, 0.1) is 32.9 Å². The van der Waals surface area contributed by atoms with Gasteiger partial charge in [-0.05, 0) is 12.1 Å². The fraction of sp³-hybridized carbons (Fsp3) is 0.364. The van der Waals surface area contributed by atoms with Crippen molar-refractivity contribution in [1.29, 1.82) is 0 Å². The van der Waals surface area contributed by atoms with Gasteiger partial charge in [0, 0.05) is 44.3 Å².